The quantitative estimate of drug-likeness (QED) is 0.519. The van der Waals surface area contributed by atoms with Crippen LogP contribution in [0.2, 0.25) is 5.02 Å². The fraction of sp³-hybridized carbons (Fsp3) is 0.273. The predicted octanol–water partition coefficient (Wildman–Crippen LogP) is 4.39. The summed E-state index contributed by atoms with van der Waals surface area (Å²) in [5.41, 5.74) is 0.607. The number of fused-ring (bicyclic) bond motifs is 1. The van der Waals surface area contributed by atoms with Gasteiger partial charge in [0.2, 0.25) is 5.43 Å². The van der Waals surface area contributed by atoms with E-state index in [4.69, 9.17) is 21.4 Å². The van der Waals surface area contributed by atoms with Crippen molar-refractivity contribution in [2.75, 3.05) is 13.2 Å². The molecule has 7 nitrogen and oxygen atoms in total. The molecule has 0 radical (unpaired) electrons. The van der Waals surface area contributed by atoms with Crippen molar-refractivity contribution >= 4 is 28.7 Å². The Kier molecular flexibility index (Phi) is 6.82. The molecule has 31 heavy (non-hydrogen) atoms. The van der Waals surface area contributed by atoms with Crippen LogP contribution in [0.15, 0.2) is 41.3 Å². The number of halogens is 2. The molecule has 3 rings (SSSR count). The predicted molar refractivity (Wildman–Crippen MR) is 114 cm³/mol. The molecule has 2 aromatic carbocycles. The number of hydrogen-bond acceptors (Lipinski definition) is 5. The van der Waals surface area contributed by atoms with E-state index in [0.717, 1.165) is 0 Å². The largest absolute Gasteiger partial charge is 0.511 e. The summed E-state index contributed by atoms with van der Waals surface area (Å²) in [6.45, 7) is 3.49. The molecular formula is C22H21ClFNO6. The molecule has 9 heteroatoms. The molecule has 0 saturated heterocycles. The summed E-state index contributed by atoms with van der Waals surface area (Å²) >= 11 is 5.87. The minimum absolute atomic E-state index is 0.0143. The Hall–Kier alpha value is -3.10. The summed E-state index contributed by atoms with van der Waals surface area (Å²) in [5, 5.41) is 18.8. The number of nitrogens with zero attached hydrogens (tertiary/aromatic N) is 1. The summed E-state index contributed by atoms with van der Waals surface area (Å²) in [6.07, 6.45) is -0.276. The van der Waals surface area contributed by atoms with Gasteiger partial charge in [-0.05, 0) is 43.2 Å². The van der Waals surface area contributed by atoms with Crippen molar-refractivity contribution in [1.82, 2.24) is 4.57 Å². The molecule has 0 saturated carbocycles. The highest BCUT2D eigenvalue weighted by Gasteiger charge is 2.20. The number of aliphatic hydroxyl groups is 1. The van der Waals surface area contributed by atoms with Gasteiger partial charge in [-0.1, -0.05) is 23.7 Å². The van der Waals surface area contributed by atoms with Crippen LogP contribution in [0.3, 0.4) is 0 Å². The highest BCUT2D eigenvalue weighted by atomic mass is 35.5. The molecule has 0 aliphatic heterocycles. The number of ether oxygens (including phenoxy) is 2. The summed E-state index contributed by atoms with van der Waals surface area (Å²) in [6, 6.07) is 7.37. The standard InChI is InChI=1S/C22H21ClFNO6/c1-3-30-17-9-13(7-14-5-4-6-16(23)19(14)24)8-15-20(17)25(12(2)11-26)10-18(21(15)27)31-22(28)29/h4-6,8-10,12,26H,3,7,11H2,1-2H3,(H,28,29)/t12-/m0/s1. The van der Waals surface area contributed by atoms with Crippen LogP contribution in [-0.2, 0) is 6.42 Å². The lowest BCUT2D eigenvalue weighted by Crippen LogP contribution is -2.20. The molecule has 0 amide bonds. The monoisotopic (exact) mass is 449 g/mol. The van der Waals surface area contributed by atoms with E-state index in [9.17, 15) is 19.1 Å². The second-order valence-corrected chi connectivity index (χ2v) is 7.35. The minimum atomic E-state index is -1.64. The Balaban J connectivity index is 2.29. The van der Waals surface area contributed by atoms with Gasteiger partial charge in [0.25, 0.3) is 0 Å². The first kappa shape index (κ1) is 22.6. The van der Waals surface area contributed by atoms with Gasteiger partial charge < -0.3 is 24.3 Å². The third-order valence-corrected chi connectivity index (χ3v) is 5.07. The fourth-order valence-electron chi connectivity index (χ4n) is 3.36. The summed E-state index contributed by atoms with van der Waals surface area (Å²) in [5.74, 6) is -0.623. The van der Waals surface area contributed by atoms with Crippen molar-refractivity contribution in [3.05, 3.63) is 68.7 Å². The van der Waals surface area contributed by atoms with E-state index in [1.54, 1.807) is 32.0 Å². The molecular weight excluding hydrogens is 429 g/mol. The third kappa shape index (κ3) is 4.65. The van der Waals surface area contributed by atoms with Crippen molar-refractivity contribution in [2.45, 2.75) is 26.3 Å². The molecule has 1 heterocycles. The van der Waals surface area contributed by atoms with Crippen LogP contribution in [0, 0.1) is 5.82 Å². The van der Waals surface area contributed by atoms with Gasteiger partial charge in [-0.2, -0.15) is 0 Å². The number of hydrogen-bond donors (Lipinski definition) is 2. The average Bonchev–Trinajstić information content (AvgIpc) is 2.73. The van der Waals surface area contributed by atoms with Crippen LogP contribution in [0.25, 0.3) is 10.9 Å². The molecule has 0 unspecified atom stereocenters. The van der Waals surface area contributed by atoms with Crippen molar-refractivity contribution in [3.63, 3.8) is 0 Å². The van der Waals surface area contributed by atoms with E-state index in [-0.39, 0.29) is 23.4 Å². The van der Waals surface area contributed by atoms with Gasteiger partial charge >= 0.3 is 6.16 Å². The van der Waals surface area contributed by atoms with Crippen LogP contribution in [-0.4, -0.2) is 34.1 Å². The molecule has 0 aliphatic carbocycles. The lowest BCUT2D eigenvalue weighted by atomic mass is 10.0. The lowest BCUT2D eigenvalue weighted by Gasteiger charge is -2.21. The summed E-state index contributed by atoms with van der Waals surface area (Å²) < 4.78 is 26.4. The van der Waals surface area contributed by atoms with E-state index in [1.165, 1.54) is 22.9 Å². The molecule has 1 aromatic heterocycles. The number of rotatable bonds is 7. The Labute approximate surface area is 182 Å². The van der Waals surface area contributed by atoms with Crippen LogP contribution in [0.4, 0.5) is 9.18 Å². The lowest BCUT2D eigenvalue weighted by molar-refractivity contribution is 0.143. The van der Waals surface area contributed by atoms with Crippen LogP contribution in [0.1, 0.15) is 31.0 Å². The van der Waals surface area contributed by atoms with Crippen molar-refractivity contribution < 1.29 is 28.9 Å². The van der Waals surface area contributed by atoms with Crippen LogP contribution < -0.4 is 14.9 Å². The summed E-state index contributed by atoms with van der Waals surface area (Å²) in [4.78, 5) is 24.1. The molecule has 1 atom stereocenters. The van der Waals surface area contributed by atoms with Crippen molar-refractivity contribution in [1.29, 1.82) is 0 Å². The normalized spacial score (nSPS) is 12.0. The molecule has 0 fully saturated rings. The van der Waals surface area contributed by atoms with Crippen LogP contribution in [0.5, 0.6) is 11.5 Å². The zero-order valence-electron chi connectivity index (χ0n) is 16.9. The highest BCUT2D eigenvalue weighted by Crippen LogP contribution is 2.32. The Bertz CT molecular complexity index is 1190. The second kappa shape index (κ2) is 9.36. The number of carbonyl (C=O) groups is 1. The first-order valence-corrected chi connectivity index (χ1v) is 9.93. The number of benzene rings is 2. The number of carboxylic acid groups (broad SMARTS) is 1. The second-order valence-electron chi connectivity index (χ2n) is 6.94. The molecule has 0 spiro atoms. The smallest absolute Gasteiger partial charge is 0.492 e. The van der Waals surface area contributed by atoms with Gasteiger partial charge in [-0.25, -0.2) is 9.18 Å². The SMILES string of the molecule is CCOc1cc(Cc2cccc(Cl)c2F)cc2c(=O)c(OC(=O)O)cn([C@@H](C)CO)c12. The Morgan fingerprint density at radius 1 is 1.29 bits per heavy atom. The number of aromatic nitrogens is 1. The topological polar surface area (TPSA) is 98.0 Å². The Morgan fingerprint density at radius 3 is 2.68 bits per heavy atom. The van der Waals surface area contributed by atoms with E-state index in [0.29, 0.717) is 29.0 Å². The third-order valence-electron chi connectivity index (χ3n) is 4.78. The van der Waals surface area contributed by atoms with Crippen molar-refractivity contribution in [2.24, 2.45) is 0 Å². The molecule has 0 bridgehead atoms. The van der Waals surface area contributed by atoms with E-state index < -0.39 is 29.2 Å². The summed E-state index contributed by atoms with van der Waals surface area (Å²) in [7, 11) is 0. The maximum Gasteiger partial charge on any atom is 0.511 e. The zero-order chi connectivity index (χ0) is 22.7. The maximum atomic E-state index is 14.4. The van der Waals surface area contributed by atoms with Gasteiger partial charge in [-0.15, -0.1) is 0 Å². The van der Waals surface area contributed by atoms with Gasteiger partial charge in [-0.3, -0.25) is 4.79 Å². The fourth-order valence-corrected chi connectivity index (χ4v) is 3.56. The van der Waals surface area contributed by atoms with E-state index in [2.05, 4.69) is 4.74 Å². The van der Waals surface area contributed by atoms with Gasteiger partial charge in [0.15, 0.2) is 5.75 Å². The average molecular weight is 450 g/mol. The highest BCUT2D eigenvalue weighted by molar-refractivity contribution is 6.30. The van der Waals surface area contributed by atoms with E-state index >= 15 is 0 Å². The van der Waals surface area contributed by atoms with Crippen molar-refractivity contribution in [3.8, 4) is 11.5 Å². The molecule has 3 aromatic rings. The van der Waals surface area contributed by atoms with Gasteiger partial charge in [0, 0.05) is 6.42 Å². The molecule has 164 valence electrons. The van der Waals surface area contributed by atoms with Gasteiger partial charge in [0.05, 0.1) is 41.4 Å². The molecule has 0 aliphatic rings. The minimum Gasteiger partial charge on any atom is -0.492 e. The van der Waals surface area contributed by atoms with E-state index in [1.807, 2.05) is 0 Å². The first-order chi connectivity index (χ1) is 14.8. The van der Waals surface area contributed by atoms with Gasteiger partial charge in [0.1, 0.15) is 11.6 Å². The zero-order valence-corrected chi connectivity index (χ0v) is 17.6. The number of pyridine rings is 1. The van der Waals surface area contributed by atoms with Crippen LogP contribution >= 0.6 is 11.6 Å². The maximum absolute atomic E-state index is 14.4. The first-order valence-electron chi connectivity index (χ1n) is 9.55. The number of aliphatic hydroxyl groups excluding tert-OH is 1. The Morgan fingerprint density at radius 2 is 2.03 bits per heavy atom. The molecule has 2 N–H and O–H groups in total.